The average Bonchev–Trinajstić information content (AvgIpc) is 2.54. The van der Waals surface area contributed by atoms with E-state index in [4.69, 9.17) is 0 Å². The van der Waals surface area contributed by atoms with Crippen molar-refractivity contribution in [1.82, 2.24) is 4.90 Å². The highest BCUT2D eigenvalue weighted by atomic mass is 16.3. The number of carbonyl (C=O) groups is 2. The summed E-state index contributed by atoms with van der Waals surface area (Å²) >= 11 is 0. The molecule has 0 aromatic carbocycles. The molecule has 0 heterocycles. The van der Waals surface area contributed by atoms with Gasteiger partial charge >= 0.3 is 0 Å². The van der Waals surface area contributed by atoms with Crippen molar-refractivity contribution in [2.24, 2.45) is 11.8 Å². The smallest absolute Gasteiger partial charge is 0.226 e. The van der Waals surface area contributed by atoms with Crippen LogP contribution in [-0.2, 0) is 9.59 Å². The highest BCUT2D eigenvalue weighted by molar-refractivity contribution is 5.92. The molecule has 0 aliphatic heterocycles. The highest BCUT2D eigenvalue weighted by Gasteiger charge is 2.34. The Labute approximate surface area is 141 Å². The summed E-state index contributed by atoms with van der Waals surface area (Å²) in [5, 5.41) is 10.1. The molecule has 134 valence electrons. The summed E-state index contributed by atoms with van der Waals surface area (Å²) in [5.41, 5.74) is 0. The van der Waals surface area contributed by atoms with Crippen molar-refractivity contribution in [3.63, 3.8) is 0 Å². The van der Waals surface area contributed by atoms with Gasteiger partial charge < -0.3 is 10.0 Å². The van der Waals surface area contributed by atoms with Crippen molar-refractivity contribution in [2.75, 3.05) is 14.1 Å². The lowest BCUT2D eigenvalue weighted by molar-refractivity contribution is -0.141. The maximum atomic E-state index is 12.5. The Bertz CT molecular complexity index is 366. The van der Waals surface area contributed by atoms with Crippen LogP contribution >= 0.6 is 0 Å². The predicted octanol–water partition coefficient (Wildman–Crippen LogP) is 3.58. The molecule has 1 N–H and O–H groups in total. The van der Waals surface area contributed by atoms with Gasteiger partial charge in [0.05, 0.1) is 5.92 Å². The lowest BCUT2D eigenvalue weighted by atomic mass is 9.81. The maximum Gasteiger partial charge on any atom is 0.226 e. The summed E-state index contributed by atoms with van der Waals surface area (Å²) in [6.45, 7) is 7.91. The third-order valence-electron chi connectivity index (χ3n) is 4.30. The van der Waals surface area contributed by atoms with Crippen LogP contribution in [0.15, 0.2) is 12.7 Å². The van der Waals surface area contributed by atoms with E-state index in [-0.39, 0.29) is 11.7 Å². The molecule has 1 amide bonds. The first-order chi connectivity index (χ1) is 10.9. The standard InChI is InChI=1S/C19H35NO3/c1-6-9-11-12-13-16(19(23)20(4)5)15(8-3)18(22)17(21)14-10-7-2/h8,15-17,21H,3,6-7,9-14H2,1-2,4-5H3. The molecular weight excluding hydrogens is 290 g/mol. The van der Waals surface area contributed by atoms with Gasteiger partial charge in [0.25, 0.3) is 0 Å². The molecule has 0 aliphatic carbocycles. The minimum atomic E-state index is -0.994. The van der Waals surface area contributed by atoms with Crippen LogP contribution in [0.3, 0.4) is 0 Å². The van der Waals surface area contributed by atoms with E-state index in [2.05, 4.69) is 13.5 Å². The molecule has 3 unspecified atom stereocenters. The zero-order valence-corrected chi connectivity index (χ0v) is 15.4. The van der Waals surface area contributed by atoms with E-state index in [1.165, 1.54) is 4.90 Å². The zero-order valence-electron chi connectivity index (χ0n) is 15.4. The Kier molecular flexibility index (Phi) is 11.7. The summed E-state index contributed by atoms with van der Waals surface area (Å²) in [6.07, 6.45) is 7.65. The van der Waals surface area contributed by atoms with E-state index in [1.54, 1.807) is 20.2 Å². The Morgan fingerprint density at radius 2 is 1.65 bits per heavy atom. The third-order valence-corrected chi connectivity index (χ3v) is 4.30. The maximum absolute atomic E-state index is 12.5. The molecule has 0 spiro atoms. The summed E-state index contributed by atoms with van der Waals surface area (Å²) in [7, 11) is 3.42. The van der Waals surface area contributed by atoms with Crippen molar-refractivity contribution in [1.29, 1.82) is 0 Å². The van der Waals surface area contributed by atoms with Crippen molar-refractivity contribution in [2.45, 2.75) is 71.3 Å². The summed E-state index contributed by atoms with van der Waals surface area (Å²) in [4.78, 5) is 26.6. The van der Waals surface area contributed by atoms with Gasteiger partial charge in [-0.15, -0.1) is 6.58 Å². The van der Waals surface area contributed by atoms with Gasteiger partial charge in [-0.05, 0) is 12.8 Å². The third kappa shape index (κ3) is 7.78. The minimum Gasteiger partial charge on any atom is -0.385 e. The molecule has 0 rings (SSSR count). The van der Waals surface area contributed by atoms with Gasteiger partial charge in [-0.1, -0.05) is 58.4 Å². The van der Waals surface area contributed by atoms with Crippen molar-refractivity contribution < 1.29 is 14.7 Å². The number of nitrogens with zero attached hydrogens (tertiary/aromatic N) is 1. The molecule has 0 radical (unpaired) electrons. The van der Waals surface area contributed by atoms with Crippen LogP contribution in [0.25, 0.3) is 0 Å². The Hall–Kier alpha value is -1.16. The largest absolute Gasteiger partial charge is 0.385 e. The molecule has 3 atom stereocenters. The number of amides is 1. The van der Waals surface area contributed by atoms with Gasteiger partial charge in [0.2, 0.25) is 5.91 Å². The lowest BCUT2D eigenvalue weighted by Crippen LogP contribution is -2.40. The fraction of sp³-hybridized carbons (Fsp3) is 0.789. The molecule has 4 nitrogen and oxygen atoms in total. The monoisotopic (exact) mass is 325 g/mol. The molecular formula is C19H35NO3. The van der Waals surface area contributed by atoms with E-state index in [0.29, 0.717) is 12.8 Å². The Morgan fingerprint density at radius 3 is 2.13 bits per heavy atom. The molecule has 23 heavy (non-hydrogen) atoms. The van der Waals surface area contributed by atoms with Crippen molar-refractivity contribution in [3.8, 4) is 0 Å². The molecule has 0 bridgehead atoms. The molecule has 0 aromatic rings. The van der Waals surface area contributed by atoms with Crippen LogP contribution in [-0.4, -0.2) is 41.9 Å². The van der Waals surface area contributed by atoms with Gasteiger partial charge in [0.1, 0.15) is 6.10 Å². The van der Waals surface area contributed by atoms with E-state index in [0.717, 1.165) is 38.5 Å². The predicted molar refractivity (Wildman–Crippen MR) is 95.2 cm³/mol. The minimum absolute atomic E-state index is 0.0533. The highest BCUT2D eigenvalue weighted by Crippen LogP contribution is 2.25. The molecule has 0 saturated carbocycles. The number of hydrogen-bond acceptors (Lipinski definition) is 3. The van der Waals surface area contributed by atoms with E-state index in [1.807, 2.05) is 6.92 Å². The topological polar surface area (TPSA) is 57.6 Å². The van der Waals surface area contributed by atoms with Crippen LogP contribution in [0, 0.1) is 11.8 Å². The second kappa shape index (κ2) is 12.3. The van der Waals surface area contributed by atoms with Crippen molar-refractivity contribution >= 4 is 11.7 Å². The molecule has 0 saturated heterocycles. The SMILES string of the molecule is C=CC(C(=O)C(O)CCCC)C(CCCCCC)C(=O)N(C)C. The number of carbonyl (C=O) groups excluding carboxylic acids is 2. The molecule has 0 fully saturated rings. The van der Waals surface area contributed by atoms with Crippen LogP contribution in [0.5, 0.6) is 0 Å². The number of unbranched alkanes of at least 4 members (excludes halogenated alkanes) is 4. The lowest BCUT2D eigenvalue weighted by Gasteiger charge is -2.27. The zero-order chi connectivity index (χ0) is 17.8. The number of Topliss-reactive ketones (excluding diaryl/α,β-unsaturated/α-hetero) is 1. The summed E-state index contributed by atoms with van der Waals surface area (Å²) in [5.74, 6) is -1.33. The number of aliphatic hydroxyl groups excluding tert-OH is 1. The van der Waals surface area contributed by atoms with Gasteiger partial charge in [0.15, 0.2) is 5.78 Å². The fourth-order valence-electron chi connectivity index (χ4n) is 2.82. The van der Waals surface area contributed by atoms with Crippen LogP contribution in [0.2, 0.25) is 0 Å². The number of ketones is 1. The van der Waals surface area contributed by atoms with Crippen molar-refractivity contribution in [3.05, 3.63) is 12.7 Å². The van der Waals surface area contributed by atoms with E-state index < -0.39 is 17.9 Å². The number of aliphatic hydroxyl groups is 1. The first-order valence-electron chi connectivity index (χ1n) is 8.96. The first kappa shape index (κ1) is 21.8. The van der Waals surface area contributed by atoms with Gasteiger partial charge in [-0.25, -0.2) is 0 Å². The summed E-state index contributed by atoms with van der Waals surface area (Å²) in [6, 6.07) is 0. The van der Waals surface area contributed by atoms with Gasteiger partial charge in [0, 0.05) is 20.0 Å². The fourth-order valence-corrected chi connectivity index (χ4v) is 2.82. The van der Waals surface area contributed by atoms with Gasteiger partial charge in [-0.2, -0.15) is 0 Å². The molecule has 4 heteroatoms. The first-order valence-corrected chi connectivity index (χ1v) is 8.96. The number of rotatable bonds is 13. The van der Waals surface area contributed by atoms with E-state index in [9.17, 15) is 14.7 Å². The molecule has 0 aliphatic rings. The number of allylic oxidation sites excluding steroid dienone is 1. The van der Waals surface area contributed by atoms with Crippen LogP contribution in [0.1, 0.15) is 65.2 Å². The Balaban J connectivity index is 5.01. The average molecular weight is 325 g/mol. The normalized spacial score (nSPS) is 14.8. The number of hydrogen-bond donors (Lipinski definition) is 1. The second-order valence-electron chi connectivity index (χ2n) is 6.51. The van der Waals surface area contributed by atoms with Crippen LogP contribution in [0.4, 0.5) is 0 Å². The quantitative estimate of drug-likeness (QED) is 0.416. The van der Waals surface area contributed by atoms with Crippen LogP contribution < -0.4 is 0 Å². The Morgan fingerprint density at radius 1 is 1.04 bits per heavy atom. The van der Waals surface area contributed by atoms with E-state index >= 15 is 0 Å². The summed E-state index contributed by atoms with van der Waals surface area (Å²) < 4.78 is 0. The molecule has 0 aromatic heterocycles. The van der Waals surface area contributed by atoms with Gasteiger partial charge in [-0.3, -0.25) is 9.59 Å². The second-order valence-corrected chi connectivity index (χ2v) is 6.51.